The third kappa shape index (κ3) is 4.94. The van der Waals surface area contributed by atoms with Crippen molar-refractivity contribution >= 4 is 27.4 Å². The van der Waals surface area contributed by atoms with E-state index in [1.807, 2.05) is 0 Å². The zero-order chi connectivity index (χ0) is 19.3. The highest BCUT2D eigenvalue weighted by Gasteiger charge is 2.26. The first-order chi connectivity index (χ1) is 13.0. The van der Waals surface area contributed by atoms with E-state index in [0.29, 0.717) is 42.9 Å². The number of carbonyl (C=O) groups is 1. The van der Waals surface area contributed by atoms with Crippen LogP contribution in [-0.4, -0.2) is 36.6 Å². The topological polar surface area (TPSA) is 67.3 Å². The Balaban J connectivity index is 1.67. The third-order valence-corrected chi connectivity index (χ3v) is 7.07. The number of pyridine rings is 1. The van der Waals surface area contributed by atoms with Crippen molar-refractivity contribution in [1.29, 1.82) is 0 Å². The van der Waals surface area contributed by atoms with Crippen LogP contribution >= 0.6 is 11.6 Å². The van der Waals surface area contributed by atoms with Gasteiger partial charge in [-0.05, 0) is 61.6 Å². The highest BCUT2D eigenvalue weighted by atomic mass is 35.5. The van der Waals surface area contributed by atoms with Crippen molar-refractivity contribution in [2.24, 2.45) is 0 Å². The summed E-state index contributed by atoms with van der Waals surface area (Å²) in [6, 6.07) is 8.33. The number of sulfonamides is 1. The van der Waals surface area contributed by atoms with Crippen LogP contribution < -0.4 is 0 Å². The lowest BCUT2D eigenvalue weighted by Crippen LogP contribution is -2.35. The minimum absolute atomic E-state index is 0.0244. The first kappa shape index (κ1) is 20.0. The molecule has 0 bridgehead atoms. The molecule has 2 aromatic rings. The first-order valence-corrected chi connectivity index (χ1v) is 11.0. The van der Waals surface area contributed by atoms with Gasteiger partial charge < -0.3 is 0 Å². The third-order valence-electron chi connectivity index (χ3n) is 4.80. The van der Waals surface area contributed by atoms with E-state index in [9.17, 15) is 13.2 Å². The van der Waals surface area contributed by atoms with Crippen LogP contribution in [0.4, 0.5) is 0 Å². The summed E-state index contributed by atoms with van der Waals surface area (Å²) in [6.45, 7) is 1.14. The predicted octanol–water partition coefficient (Wildman–Crippen LogP) is 4.12. The van der Waals surface area contributed by atoms with Crippen molar-refractivity contribution in [2.75, 3.05) is 13.1 Å². The summed E-state index contributed by atoms with van der Waals surface area (Å²) in [6.07, 6.45) is 7.57. The molecule has 1 aromatic carbocycles. The van der Waals surface area contributed by atoms with Crippen LogP contribution in [0.5, 0.6) is 0 Å². The van der Waals surface area contributed by atoms with E-state index in [1.54, 1.807) is 47.0 Å². The number of rotatable bonds is 7. The van der Waals surface area contributed by atoms with Gasteiger partial charge in [0, 0.05) is 42.5 Å². The minimum Gasteiger partial charge on any atom is -0.294 e. The molecule has 2 heterocycles. The lowest BCUT2D eigenvalue weighted by Gasteiger charge is -2.26. The van der Waals surface area contributed by atoms with E-state index in [2.05, 4.69) is 4.98 Å². The maximum Gasteiger partial charge on any atom is 0.243 e. The molecule has 7 heteroatoms. The van der Waals surface area contributed by atoms with Crippen LogP contribution in [-0.2, 0) is 16.4 Å². The summed E-state index contributed by atoms with van der Waals surface area (Å²) in [7, 11) is -3.49. The Kier molecular flexibility index (Phi) is 6.63. The zero-order valence-electron chi connectivity index (χ0n) is 15.1. The smallest absolute Gasteiger partial charge is 0.243 e. The summed E-state index contributed by atoms with van der Waals surface area (Å²) in [5, 5.41) is 0.529. The molecule has 0 aliphatic carbocycles. The molecule has 1 aliphatic heterocycles. The molecular formula is C20H23ClN2O3S. The summed E-state index contributed by atoms with van der Waals surface area (Å²) in [4.78, 5) is 16.4. The van der Waals surface area contributed by atoms with Crippen molar-refractivity contribution in [3.8, 4) is 0 Å². The fourth-order valence-corrected chi connectivity index (χ4v) is 5.05. The SMILES string of the molecule is O=C(CCCc1cc(S(=O)(=O)N2CCCCC2)ccc1Cl)c1cccnc1. The molecule has 144 valence electrons. The minimum atomic E-state index is -3.49. The van der Waals surface area contributed by atoms with E-state index < -0.39 is 10.0 Å². The number of hydrogen-bond acceptors (Lipinski definition) is 4. The van der Waals surface area contributed by atoms with Gasteiger partial charge in [-0.2, -0.15) is 4.31 Å². The van der Waals surface area contributed by atoms with Gasteiger partial charge in [-0.25, -0.2) is 8.42 Å². The molecule has 0 radical (unpaired) electrons. The first-order valence-electron chi connectivity index (χ1n) is 9.20. The number of Topliss-reactive ketones (excluding diaryl/α,β-unsaturated/α-hetero) is 1. The maximum atomic E-state index is 12.8. The molecule has 1 aromatic heterocycles. The normalized spacial score (nSPS) is 15.6. The number of halogens is 1. The lowest BCUT2D eigenvalue weighted by molar-refractivity contribution is 0.0980. The van der Waals surface area contributed by atoms with Crippen molar-refractivity contribution in [2.45, 2.75) is 43.4 Å². The number of nitrogens with zero attached hydrogens (tertiary/aromatic N) is 2. The summed E-state index contributed by atoms with van der Waals surface area (Å²) < 4.78 is 27.2. The Labute approximate surface area is 165 Å². The van der Waals surface area contributed by atoms with Crippen LogP contribution in [0.15, 0.2) is 47.6 Å². The predicted molar refractivity (Wildman–Crippen MR) is 106 cm³/mol. The number of hydrogen-bond donors (Lipinski definition) is 0. The van der Waals surface area contributed by atoms with Gasteiger partial charge in [0.25, 0.3) is 0 Å². The van der Waals surface area contributed by atoms with Crippen LogP contribution in [0, 0.1) is 0 Å². The van der Waals surface area contributed by atoms with Crippen molar-refractivity contribution in [3.63, 3.8) is 0 Å². The second-order valence-corrected chi connectivity index (χ2v) is 9.08. The van der Waals surface area contributed by atoms with Gasteiger partial charge in [0.05, 0.1) is 4.90 Å². The van der Waals surface area contributed by atoms with Crippen LogP contribution in [0.1, 0.15) is 48.0 Å². The van der Waals surface area contributed by atoms with Crippen LogP contribution in [0.2, 0.25) is 5.02 Å². The van der Waals surface area contributed by atoms with Crippen LogP contribution in [0.25, 0.3) is 0 Å². The summed E-state index contributed by atoms with van der Waals surface area (Å²) in [5.41, 5.74) is 1.35. The monoisotopic (exact) mass is 406 g/mol. The lowest BCUT2D eigenvalue weighted by atomic mass is 10.0. The van der Waals surface area contributed by atoms with Gasteiger partial charge in [0.1, 0.15) is 0 Å². The molecule has 27 heavy (non-hydrogen) atoms. The number of aryl methyl sites for hydroxylation is 1. The molecular weight excluding hydrogens is 384 g/mol. The number of carbonyl (C=O) groups excluding carboxylic acids is 1. The second-order valence-electron chi connectivity index (χ2n) is 6.74. The highest BCUT2D eigenvalue weighted by molar-refractivity contribution is 7.89. The molecule has 0 amide bonds. The molecule has 0 unspecified atom stereocenters. The molecule has 0 N–H and O–H groups in total. The average molecular weight is 407 g/mol. The number of aromatic nitrogens is 1. The highest BCUT2D eigenvalue weighted by Crippen LogP contribution is 2.26. The summed E-state index contributed by atoms with van der Waals surface area (Å²) >= 11 is 6.26. The van der Waals surface area contributed by atoms with E-state index >= 15 is 0 Å². The number of piperidine rings is 1. The van der Waals surface area contributed by atoms with Gasteiger partial charge in [0.2, 0.25) is 10.0 Å². The van der Waals surface area contributed by atoms with Gasteiger partial charge in [0.15, 0.2) is 5.78 Å². The quantitative estimate of drug-likeness (QED) is 0.649. The molecule has 0 spiro atoms. The van der Waals surface area contributed by atoms with Crippen LogP contribution in [0.3, 0.4) is 0 Å². The van der Waals surface area contributed by atoms with Crippen molar-refractivity contribution in [3.05, 3.63) is 58.9 Å². The van der Waals surface area contributed by atoms with E-state index in [0.717, 1.165) is 24.8 Å². The molecule has 3 rings (SSSR count). The molecule has 5 nitrogen and oxygen atoms in total. The molecule has 1 fully saturated rings. The molecule has 0 atom stereocenters. The second kappa shape index (κ2) is 8.95. The Bertz CT molecular complexity index is 895. The van der Waals surface area contributed by atoms with Crippen molar-refractivity contribution in [1.82, 2.24) is 9.29 Å². The fraction of sp³-hybridized carbons (Fsp3) is 0.400. The van der Waals surface area contributed by atoms with Gasteiger partial charge in [-0.15, -0.1) is 0 Å². The molecule has 0 saturated carbocycles. The standard InChI is InChI=1S/C20H23ClN2O3S/c21-19-10-9-18(27(25,26)23-12-2-1-3-13-23)14-16(19)6-4-8-20(24)17-7-5-11-22-15-17/h5,7,9-11,14-15H,1-4,6,8,12-13H2. The average Bonchev–Trinajstić information content (AvgIpc) is 2.70. The molecule has 1 saturated heterocycles. The largest absolute Gasteiger partial charge is 0.294 e. The Morgan fingerprint density at radius 2 is 1.93 bits per heavy atom. The molecule has 1 aliphatic rings. The number of benzene rings is 1. The van der Waals surface area contributed by atoms with Crippen molar-refractivity contribution < 1.29 is 13.2 Å². The van der Waals surface area contributed by atoms with E-state index in [1.165, 1.54) is 0 Å². The Hall–Kier alpha value is -1.76. The summed E-state index contributed by atoms with van der Waals surface area (Å²) in [5.74, 6) is 0.0244. The Morgan fingerprint density at radius 1 is 1.15 bits per heavy atom. The van der Waals surface area contributed by atoms with Gasteiger partial charge in [-0.3, -0.25) is 9.78 Å². The Morgan fingerprint density at radius 3 is 2.63 bits per heavy atom. The maximum absolute atomic E-state index is 12.8. The van der Waals surface area contributed by atoms with Gasteiger partial charge in [-0.1, -0.05) is 18.0 Å². The zero-order valence-corrected chi connectivity index (χ0v) is 16.7. The van der Waals surface area contributed by atoms with E-state index in [-0.39, 0.29) is 10.7 Å². The van der Waals surface area contributed by atoms with E-state index in [4.69, 9.17) is 11.6 Å². The number of ketones is 1. The van der Waals surface area contributed by atoms with Gasteiger partial charge >= 0.3 is 0 Å². The fourth-order valence-electron chi connectivity index (χ4n) is 3.27.